The average Bonchev–Trinajstić information content (AvgIpc) is 3.49. The molecule has 0 fully saturated rings. The summed E-state index contributed by atoms with van der Waals surface area (Å²) in [5.74, 6) is 0. The van der Waals surface area contributed by atoms with E-state index in [1.807, 2.05) is 24.4 Å². The highest BCUT2D eigenvalue weighted by molar-refractivity contribution is 6.13. The van der Waals surface area contributed by atoms with Gasteiger partial charge in [0.15, 0.2) is 0 Å². The lowest BCUT2D eigenvalue weighted by Gasteiger charge is -2.12. The largest absolute Gasteiger partial charge is 0.298 e. The molecule has 3 heterocycles. The molecule has 6 aromatic carbocycles. The van der Waals surface area contributed by atoms with Gasteiger partial charge in [-0.15, -0.1) is 0 Å². The third-order valence-electron chi connectivity index (χ3n) is 8.85. The summed E-state index contributed by atoms with van der Waals surface area (Å²) in [5.41, 5.74) is 9.62. The van der Waals surface area contributed by atoms with Crippen molar-refractivity contribution in [2.75, 3.05) is 0 Å². The minimum absolute atomic E-state index is 0.862. The van der Waals surface area contributed by atoms with Gasteiger partial charge in [-0.1, -0.05) is 127 Å². The highest BCUT2D eigenvalue weighted by Crippen LogP contribution is 2.37. The quantitative estimate of drug-likeness (QED) is 0.196. The van der Waals surface area contributed by atoms with Crippen LogP contribution < -0.4 is 0 Å². The number of hydrogen-bond donors (Lipinski definition) is 0. The molecule has 0 aliphatic rings. The zero-order valence-electron chi connectivity index (χ0n) is 24.4. The Kier molecular flexibility index (Phi) is 5.82. The van der Waals surface area contributed by atoms with E-state index in [1.54, 1.807) is 0 Å². The zero-order chi connectivity index (χ0) is 29.7. The molecule has 0 radical (unpaired) electrons. The third-order valence-corrected chi connectivity index (χ3v) is 8.85. The van der Waals surface area contributed by atoms with Crippen molar-refractivity contribution in [1.82, 2.24) is 14.4 Å². The highest BCUT2D eigenvalue weighted by Gasteiger charge is 2.18. The van der Waals surface area contributed by atoms with Gasteiger partial charge in [0.2, 0.25) is 0 Å². The van der Waals surface area contributed by atoms with Crippen LogP contribution in [0, 0.1) is 0 Å². The van der Waals surface area contributed by atoms with Crippen LogP contribution >= 0.6 is 0 Å². The predicted octanol–water partition coefficient (Wildman–Crippen LogP) is 10.9. The maximum Gasteiger partial charge on any atom is 0.138 e. The van der Waals surface area contributed by atoms with E-state index in [2.05, 4.69) is 149 Å². The lowest BCUT2D eigenvalue weighted by Crippen LogP contribution is -1.91. The van der Waals surface area contributed by atoms with Gasteiger partial charge in [-0.25, -0.2) is 4.98 Å². The molecule has 3 nitrogen and oxygen atoms in total. The summed E-state index contributed by atoms with van der Waals surface area (Å²) in [6.45, 7) is 0. The number of pyridine rings is 2. The standard InChI is InChI=1S/C42H27N3/c1-2-11-34-27-45-40(26-32(34)9-1)44-41(39-15-7-8-24-43-39)42(45)31-22-18-29(19-23-31)28-16-20-30(21-17-28)38-25-33-10-3-4-12-35(33)36-13-5-6-14-37(36)38/h1-27H. The van der Waals surface area contributed by atoms with Crippen LogP contribution in [0.3, 0.4) is 0 Å². The second kappa shape index (κ2) is 10.3. The Bertz CT molecular complexity index is 2510. The first-order valence-corrected chi connectivity index (χ1v) is 15.2. The number of nitrogens with zero attached hydrogens (tertiary/aromatic N) is 3. The summed E-state index contributed by atoms with van der Waals surface area (Å²) < 4.78 is 2.20. The Morgan fingerprint density at radius 2 is 1.04 bits per heavy atom. The van der Waals surface area contributed by atoms with Crippen LogP contribution in [0.15, 0.2) is 164 Å². The van der Waals surface area contributed by atoms with Crippen LogP contribution in [0.1, 0.15) is 0 Å². The minimum Gasteiger partial charge on any atom is -0.298 e. The minimum atomic E-state index is 0.862. The summed E-state index contributed by atoms with van der Waals surface area (Å²) in [4.78, 5) is 9.73. The van der Waals surface area contributed by atoms with Crippen molar-refractivity contribution in [3.8, 4) is 44.9 Å². The van der Waals surface area contributed by atoms with Crippen LogP contribution in [0.4, 0.5) is 0 Å². The summed E-state index contributed by atoms with van der Waals surface area (Å²) in [6, 6.07) is 54.0. The van der Waals surface area contributed by atoms with E-state index < -0.39 is 0 Å². The first-order chi connectivity index (χ1) is 22.3. The van der Waals surface area contributed by atoms with Gasteiger partial charge in [-0.3, -0.25) is 9.38 Å². The molecule has 0 saturated carbocycles. The molecule has 3 aromatic heterocycles. The Morgan fingerprint density at radius 3 is 1.78 bits per heavy atom. The van der Waals surface area contributed by atoms with Crippen molar-refractivity contribution in [1.29, 1.82) is 0 Å². The molecule has 0 bridgehead atoms. The van der Waals surface area contributed by atoms with Gasteiger partial charge in [-0.2, -0.15) is 0 Å². The van der Waals surface area contributed by atoms with E-state index in [4.69, 9.17) is 4.98 Å². The van der Waals surface area contributed by atoms with Crippen molar-refractivity contribution in [2.45, 2.75) is 0 Å². The fourth-order valence-electron chi connectivity index (χ4n) is 6.63. The Balaban J connectivity index is 1.12. The van der Waals surface area contributed by atoms with Crippen molar-refractivity contribution in [3.05, 3.63) is 164 Å². The number of aromatic nitrogens is 3. The molecule has 0 amide bonds. The predicted molar refractivity (Wildman–Crippen MR) is 187 cm³/mol. The highest BCUT2D eigenvalue weighted by atomic mass is 15.0. The van der Waals surface area contributed by atoms with E-state index in [0.29, 0.717) is 0 Å². The molecular formula is C42H27N3. The maximum absolute atomic E-state index is 5.07. The Labute approximate surface area is 260 Å². The smallest absolute Gasteiger partial charge is 0.138 e. The van der Waals surface area contributed by atoms with Gasteiger partial charge in [0.25, 0.3) is 0 Å². The zero-order valence-corrected chi connectivity index (χ0v) is 24.4. The third kappa shape index (κ3) is 4.29. The average molecular weight is 574 g/mol. The second-order valence-corrected chi connectivity index (χ2v) is 11.5. The van der Waals surface area contributed by atoms with E-state index in [0.717, 1.165) is 28.3 Å². The first-order valence-electron chi connectivity index (χ1n) is 15.2. The summed E-state index contributed by atoms with van der Waals surface area (Å²) in [6.07, 6.45) is 4.01. The molecule has 0 spiro atoms. The summed E-state index contributed by atoms with van der Waals surface area (Å²) >= 11 is 0. The molecular weight excluding hydrogens is 546 g/mol. The van der Waals surface area contributed by atoms with Crippen LogP contribution in [-0.4, -0.2) is 14.4 Å². The van der Waals surface area contributed by atoms with E-state index >= 15 is 0 Å². The molecule has 9 aromatic rings. The van der Waals surface area contributed by atoms with E-state index in [9.17, 15) is 0 Å². The van der Waals surface area contributed by atoms with Crippen molar-refractivity contribution >= 4 is 38.0 Å². The van der Waals surface area contributed by atoms with Gasteiger partial charge in [0.05, 0.1) is 11.4 Å². The molecule has 0 atom stereocenters. The number of hydrogen-bond acceptors (Lipinski definition) is 2. The van der Waals surface area contributed by atoms with Crippen molar-refractivity contribution in [2.24, 2.45) is 0 Å². The summed E-state index contributed by atoms with van der Waals surface area (Å²) in [7, 11) is 0. The number of benzene rings is 6. The SMILES string of the molecule is c1ccc(-c2nc3cc4ccccc4cn3c2-c2ccc(-c3ccc(-c4cc5ccccc5c5ccccc45)cc3)cc2)nc1. The van der Waals surface area contributed by atoms with Crippen LogP contribution in [0.5, 0.6) is 0 Å². The molecule has 0 unspecified atom stereocenters. The number of rotatable bonds is 4. The second-order valence-electron chi connectivity index (χ2n) is 11.5. The molecule has 0 aliphatic heterocycles. The Morgan fingerprint density at radius 1 is 0.444 bits per heavy atom. The van der Waals surface area contributed by atoms with Gasteiger partial charge in [0.1, 0.15) is 11.3 Å². The molecule has 210 valence electrons. The van der Waals surface area contributed by atoms with Gasteiger partial charge >= 0.3 is 0 Å². The molecule has 0 saturated heterocycles. The molecule has 0 aliphatic carbocycles. The fourth-order valence-corrected chi connectivity index (χ4v) is 6.63. The number of imidazole rings is 1. The van der Waals surface area contributed by atoms with Crippen molar-refractivity contribution in [3.63, 3.8) is 0 Å². The normalized spacial score (nSPS) is 11.6. The monoisotopic (exact) mass is 573 g/mol. The van der Waals surface area contributed by atoms with Crippen LogP contribution in [-0.2, 0) is 0 Å². The molecule has 45 heavy (non-hydrogen) atoms. The van der Waals surface area contributed by atoms with Crippen LogP contribution in [0.2, 0.25) is 0 Å². The first kappa shape index (κ1) is 25.4. The number of fused-ring (bicyclic) bond motifs is 5. The Hall–Kier alpha value is -6.06. The topological polar surface area (TPSA) is 30.2 Å². The van der Waals surface area contributed by atoms with Crippen molar-refractivity contribution < 1.29 is 0 Å². The van der Waals surface area contributed by atoms with Crippen LogP contribution in [0.25, 0.3) is 82.9 Å². The lowest BCUT2D eigenvalue weighted by molar-refractivity contribution is 1.21. The fraction of sp³-hybridized carbons (Fsp3) is 0. The van der Waals surface area contributed by atoms with Gasteiger partial charge < -0.3 is 0 Å². The van der Waals surface area contributed by atoms with Gasteiger partial charge in [0, 0.05) is 18.0 Å². The summed E-state index contributed by atoms with van der Waals surface area (Å²) in [5, 5.41) is 7.46. The molecule has 0 N–H and O–H groups in total. The van der Waals surface area contributed by atoms with E-state index in [-0.39, 0.29) is 0 Å². The maximum atomic E-state index is 5.07. The van der Waals surface area contributed by atoms with Gasteiger partial charge in [-0.05, 0) is 78.8 Å². The molecule has 3 heteroatoms. The molecule has 9 rings (SSSR count). The lowest BCUT2D eigenvalue weighted by atomic mass is 9.92. The van der Waals surface area contributed by atoms with E-state index in [1.165, 1.54) is 54.6 Å².